The number of nitrogens with one attached hydrogen (secondary N) is 2. The summed E-state index contributed by atoms with van der Waals surface area (Å²) in [4.78, 5) is 0. The van der Waals surface area contributed by atoms with Crippen LogP contribution in [0.15, 0.2) is 18.2 Å². The van der Waals surface area contributed by atoms with Crippen molar-refractivity contribution in [3.05, 3.63) is 29.3 Å². The van der Waals surface area contributed by atoms with Gasteiger partial charge in [0, 0.05) is 39.0 Å². The van der Waals surface area contributed by atoms with E-state index in [9.17, 15) is 0 Å². The number of fused-ring (bicyclic) bond motifs is 1. The summed E-state index contributed by atoms with van der Waals surface area (Å²) in [5.41, 5.74) is 4.50. The maximum atomic E-state index is 5.18. The van der Waals surface area contributed by atoms with Crippen LogP contribution in [0.25, 0.3) is 0 Å². The van der Waals surface area contributed by atoms with Gasteiger partial charge >= 0.3 is 0 Å². The van der Waals surface area contributed by atoms with Crippen molar-refractivity contribution in [2.24, 2.45) is 5.41 Å². The minimum atomic E-state index is 0.276. The Hall–Kier alpha value is -1.06. The van der Waals surface area contributed by atoms with Gasteiger partial charge in [0.25, 0.3) is 0 Å². The van der Waals surface area contributed by atoms with Crippen LogP contribution in [-0.2, 0) is 17.7 Å². The molecule has 0 radical (unpaired) electrons. The topological polar surface area (TPSA) is 33.3 Å². The highest BCUT2D eigenvalue weighted by molar-refractivity contribution is 5.59. The second-order valence-corrected chi connectivity index (χ2v) is 6.49. The number of hydrogen-bond donors (Lipinski definition) is 2. The molecule has 2 rings (SSSR count). The molecular formula is C17H28N2O. The summed E-state index contributed by atoms with van der Waals surface area (Å²) in [5.74, 6) is 0. The third kappa shape index (κ3) is 4.22. The number of benzene rings is 1. The van der Waals surface area contributed by atoms with Gasteiger partial charge in [-0.3, -0.25) is 0 Å². The van der Waals surface area contributed by atoms with Gasteiger partial charge in [-0.05, 0) is 35.8 Å². The van der Waals surface area contributed by atoms with Gasteiger partial charge in [-0.15, -0.1) is 0 Å². The van der Waals surface area contributed by atoms with Crippen molar-refractivity contribution in [2.75, 3.05) is 32.1 Å². The van der Waals surface area contributed by atoms with Crippen molar-refractivity contribution in [1.29, 1.82) is 0 Å². The molecular weight excluding hydrogens is 248 g/mol. The van der Waals surface area contributed by atoms with Crippen molar-refractivity contribution < 1.29 is 4.74 Å². The Labute approximate surface area is 123 Å². The number of para-hydroxylation sites is 1. The molecule has 1 aliphatic heterocycles. The highest BCUT2D eigenvalue weighted by Crippen LogP contribution is 2.26. The van der Waals surface area contributed by atoms with E-state index < -0.39 is 0 Å². The maximum Gasteiger partial charge on any atom is 0.0467 e. The fraction of sp³-hybridized carbons (Fsp3) is 0.647. The van der Waals surface area contributed by atoms with Crippen molar-refractivity contribution in [2.45, 2.75) is 39.7 Å². The van der Waals surface area contributed by atoms with Crippen LogP contribution in [0.4, 0.5) is 5.69 Å². The Morgan fingerprint density at radius 3 is 3.00 bits per heavy atom. The molecule has 0 aromatic heterocycles. The van der Waals surface area contributed by atoms with E-state index in [2.05, 4.69) is 42.7 Å². The maximum absolute atomic E-state index is 5.18. The van der Waals surface area contributed by atoms with E-state index in [0.29, 0.717) is 0 Å². The molecule has 3 heteroatoms. The van der Waals surface area contributed by atoms with Crippen molar-refractivity contribution >= 4 is 5.69 Å². The van der Waals surface area contributed by atoms with E-state index in [1.807, 2.05) is 0 Å². The smallest absolute Gasteiger partial charge is 0.0467 e. The molecule has 0 amide bonds. The first kappa shape index (κ1) is 15.3. The lowest BCUT2D eigenvalue weighted by atomic mass is 9.89. The van der Waals surface area contributed by atoms with Gasteiger partial charge in [-0.1, -0.05) is 32.0 Å². The zero-order valence-corrected chi connectivity index (χ0v) is 13.1. The number of anilines is 1. The Kier molecular flexibility index (Phi) is 5.44. The van der Waals surface area contributed by atoms with Crippen LogP contribution in [0.5, 0.6) is 0 Å². The third-order valence-corrected chi connectivity index (χ3v) is 4.06. The summed E-state index contributed by atoms with van der Waals surface area (Å²) >= 11 is 0. The summed E-state index contributed by atoms with van der Waals surface area (Å²) in [7, 11) is 1.77. The first-order chi connectivity index (χ1) is 9.62. The van der Waals surface area contributed by atoms with Gasteiger partial charge in [-0.25, -0.2) is 0 Å². The molecule has 0 spiro atoms. The standard InChI is InChI=1S/C17H28N2O/c1-17(2,9-11-20-3)13-18-12-15-7-4-6-14-8-5-10-19-16(14)15/h4,6-7,18-19H,5,8-13H2,1-3H3. The normalized spacial score (nSPS) is 14.8. The Morgan fingerprint density at radius 2 is 2.20 bits per heavy atom. The lowest BCUT2D eigenvalue weighted by molar-refractivity contribution is 0.150. The third-order valence-electron chi connectivity index (χ3n) is 4.06. The van der Waals surface area contributed by atoms with E-state index >= 15 is 0 Å². The Morgan fingerprint density at radius 1 is 1.35 bits per heavy atom. The molecule has 1 aromatic carbocycles. The van der Waals surface area contributed by atoms with Crippen molar-refractivity contribution in [3.8, 4) is 0 Å². The lowest BCUT2D eigenvalue weighted by Crippen LogP contribution is -2.30. The molecule has 1 aromatic rings. The van der Waals surface area contributed by atoms with Crippen molar-refractivity contribution in [1.82, 2.24) is 5.32 Å². The Bertz CT molecular complexity index is 429. The van der Waals surface area contributed by atoms with Gasteiger partial charge in [-0.2, -0.15) is 0 Å². The van der Waals surface area contributed by atoms with Crippen LogP contribution >= 0.6 is 0 Å². The molecule has 0 atom stereocenters. The highest BCUT2D eigenvalue weighted by atomic mass is 16.5. The summed E-state index contributed by atoms with van der Waals surface area (Å²) in [6.45, 7) is 8.46. The SMILES string of the molecule is COCCC(C)(C)CNCc1cccc2c1NCCC2. The quantitative estimate of drug-likeness (QED) is 0.802. The van der Waals surface area contributed by atoms with Gasteiger partial charge in [0.15, 0.2) is 0 Å². The fourth-order valence-corrected chi connectivity index (χ4v) is 2.73. The minimum absolute atomic E-state index is 0.276. The average molecular weight is 276 g/mol. The molecule has 2 N–H and O–H groups in total. The predicted molar refractivity (Wildman–Crippen MR) is 85.2 cm³/mol. The largest absolute Gasteiger partial charge is 0.385 e. The van der Waals surface area contributed by atoms with Crippen LogP contribution < -0.4 is 10.6 Å². The van der Waals surface area contributed by atoms with Crippen LogP contribution in [-0.4, -0.2) is 26.8 Å². The monoisotopic (exact) mass is 276 g/mol. The van der Waals surface area contributed by atoms with Gasteiger partial charge in [0.05, 0.1) is 0 Å². The Balaban J connectivity index is 1.88. The molecule has 0 saturated heterocycles. The number of ether oxygens (including phenoxy) is 1. The van der Waals surface area contributed by atoms with E-state index in [-0.39, 0.29) is 5.41 Å². The lowest BCUT2D eigenvalue weighted by Gasteiger charge is -2.26. The molecule has 0 bridgehead atoms. The number of methoxy groups -OCH3 is 1. The van der Waals surface area contributed by atoms with Gasteiger partial charge < -0.3 is 15.4 Å². The summed E-state index contributed by atoms with van der Waals surface area (Å²) in [6.07, 6.45) is 3.53. The first-order valence-electron chi connectivity index (χ1n) is 7.67. The summed E-state index contributed by atoms with van der Waals surface area (Å²) in [6, 6.07) is 6.65. The highest BCUT2D eigenvalue weighted by Gasteiger charge is 2.17. The number of hydrogen-bond acceptors (Lipinski definition) is 3. The zero-order valence-electron chi connectivity index (χ0n) is 13.1. The second-order valence-electron chi connectivity index (χ2n) is 6.49. The second kappa shape index (κ2) is 7.09. The first-order valence-corrected chi connectivity index (χ1v) is 7.67. The zero-order chi connectivity index (χ0) is 14.4. The van der Waals surface area contributed by atoms with Crippen LogP contribution in [0.3, 0.4) is 0 Å². The van der Waals surface area contributed by atoms with Gasteiger partial charge in [0.1, 0.15) is 0 Å². The van der Waals surface area contributed by atoms with Gasteiger partial charge in [0.2, 0.25) is 0 Å². The molecule has 1 heterocycles. The van der Waals surface area contributed by atoms with Crippen LogP contribution in [0.2, 0.25) is 0 Å². The fourth-order valence-electron chi connectivity index (χ4n) is 2.73. The summed E-state index contributed by atoms with van der Waals surface area (Å²) in [5, 5.41) is 7.16. The molecule has 1 aliphatic rings. The molecule has 0 fully saturated rings. The molecule has 0 saturated carbocycles. The summed E-state index contributed by atoms with van der Waals surface area (Å²) < 4.78 is 5.18. The molecule has 3 nitrogen and oxygen atoms in total. The van der Waals surface area contributed by atoms with Crippen LogP contribution in [0, 0.1) is 5.41 Å². The molecule has 112 valence electrons. The number of aryl methyl sites for hydroxylation is 1. The van der Waals surface area contributed by atoms with E-state index in [0.717, 1.165) is 32.7 Å². The average Bonchev–Trinajstić information content (AvgIpc) is 2.45. The molecule has 0 unspecified atom stereocenters. The minimum Gasteiger partial charge on any atom is -0.385 e. The van der Waals surface area contributed by atoms with E-state index in [4.69, 9.17) is 4.74 Å². The van der Waals surface area contributed by atoms with E-state index in [1.165, 1.54) is 29.7 Å². The van der Waals surface area contributed by atoms with Crippen LogP contribution in [0.1, 0.15) is 37.8 Å². The molecule has 0 aliphatic carbocycles. The molecule has 20 heavy (non-hydrogen) atoms. The van der Waals surface area contributed by atoms with E-state index in [1.54, 1.807) is 7.11 Å². The number of rotatable bonds is 7. The predicted octanol–water partition coefficient (Wildman–Crippen LogP) is 3.20. The van der Waals surface area contributed by atoms with Crippen molar-refractivity contribution in [3.63, 3.8) is 0 Å².